The zero-order chi connectivity index (χ0) is 18.4. The maximum atomic E-state index is 13.7. The second kappa shape index (κ2) is 6.07. The van der Waals surface area contributed by atoms with Gasteiger partial charge in [-0.15, -0.1) is 0 Å². The topological polar surface area (TPSA) is 46.9 Å². The van der Waals surface area contributed by atoms with E-state index < -0.39 is 46.6 Å². The molecule has 0 radical (unpaired) electrons. The molecule has 2 aromatic rings. The minimum atomic E-state index is -5.66. The highest BCUT2D eigenvalue weighted by Gasteiger charge is 2.42. The third-order valence-electron chi connectivity index (χ3n) is 2.89. The summed E-state index contributed by atoms with van der Waals surface area (Å²) < 4.78 is 92.8. The van der Waals surface area contributed by atoms with Crippen LogP contribution in [0.4, 0.5) is 36.4 Å². The van der Waals surface area contributed by atoms with Crippen molar-refractivity contribution in [2.45, 2.75) is 6.18 Å². The number of hydrogen-bond acceptors (Lipinski definition) is 2. The Balaban J connectivity index is 2.55. The third-order valence-corrected chi connectivity index (χ3v) is 3.47. The van der Waals surface area contributed by atoms with Crippen molar-refractivity contribution in [3.63, 3.8) is 0 Å². The van der Waals surface area contributed by atoms with Gasteiger partial charge in [-0.2, -0.15) is 18.3 Å². The smallest absolute Gasteiger partial charge is 0.315 e. The van der Waals surface area contributed by atoms with E-state index in [-0.39, 0.29) is 10.2 Å². The van der Waals surface area contributed by atoms with Crippen LogP contribution in [-0.2, 0) is 13.2 Å². The third kappa shape index (κ3) is 2.97. The fourth-order valence-electron chi connectivity index (χ4n) is 1.83. The maximum Gasteiger partial charge on any atom is 0.422 e. The van der Waals surface area contributed by atoms with Gasteiger partial charge in [-0.25, -0.2) is 17.6 Å². The molecule has 0 aliphatic carbocycles. The average Bonchev–Trinajstić information content (AvgIpc) is 2.79. The highest BCUT2D eigenvalue weighted by molar-refractivity contribution is 9.10. The fraction of sp³-hybridized carbons (Fsp3) is 0.167. The van der Waals surface area contributed by atoms with Gasteiger partial charge in [0.15, 0.2) is 23.3 Å². The molecule has 0 saturated carbocycles. The van der Waals surface area contributed by atoms with Crippen molar-refractivity contribution >= 4 is 27.5 Å². The average molecular weight is 420 g/mol. The summed E-state index contributed by atoms with van der Waals surface area (Å²) in [5.41, 5.74) is -4.69. The minimum Gasteiger partial charge on any atom is -0.315 e. The van der Waals surface area contributed by atoms with Crippen LogP contribution in [0.3, 0.4) is 0 Å². The molecule has 0 aliphatic heterocycles. The van der Waals surface area contributed by atoms with Gasteiger partial charge >= 0.3 is 6.18 Å². The molecule has 0 saturated heterocycles. The maximum absolute atomic E-state index is 13.7. The van der Waals surface area contributed by atoms with Gasteiger partial charge in [0, 0.05) is 7.05 Å². The molecule has 0 fully saturated rings. The number of amides is 1. The van der Waals surface area contributed by atoms with Gasteiger partial charge in [-0.3, -0.25) is 9.48 Å². The minimum absolute atomic E-state index is 0.0798. The molecule has 1 N–H and O–H groups in total. The lowest BCUT2D eigenvalue weighted by molar-refractivity contribution is -0.143. The first-order valence-corrected chi connectivity index (χ1v) is 6.68. The molecule has 130 valence electrons. The number of aryl methyl sites for hydroxylation is 1. The van der Waals surface area contributed by atoms with Crippen molar-refractivity contribution in [2.24, 2.45) is 7.05 Å². The number of benzene rings is 1. The van der Waals surface area contributed by atoms with Gasteiger partial charge in [0.25, 0.3) is 5.91 Å². The summed E-state index contributed by atoms with van der Waals surface area (Å²) in [6, 6.07) is 0. The molecule has 1 aromatic carbocycles. The summed E-state index contributed by atoms with van der Waals surface area (Å²) in [5.74, 6) is -11.3. The summed E-state index contributed by atoms with van der Waals surface area (Å²) in [5, 5.41) is 5.13. The van der Waals surface area contributed by atoms with Gasteiger partial charge in [0.2, 0.25) is 0 Å². The summed E-state index contributed by atoms with van der Waals surface area (Å²) in [6.45, 7) is 0. The highest BCUT2D eigenvalue weighted by atomic mass is 79.9. The van der Waals surface area contributed by atoms with E-state index in [4.69, 9.17) is 0 Å². The predicted octanol–water partition coefficient (Wildman–Crippen LogP) is 4.01. The van der Waals surface area contributed by atoms with Crippen molar-refractivity contribution < 1.29 is 35.5 Å². The van der Waals surface area contributed by atoms with Crippen molar-refractivity contribution in [1.29, 1.82) is 0 Å². The van der Waals surface area contributed by atoms with Gasteiger partial charge in [0.05, 0.1) is 10.7 Å². The Morgan fingerprint density at radius 1 is 1.12 bits per heavy atom. The first-order chi connectivity index (χ1) is 11.0. The summed E-state index contributed by atoms with van der Waals surface area (Å²) in [4.78, 5) is 11.9. The van der Waals surface area contributed by atoms with Crippen molar-refractivity contribution in [1.82, 2.24) is 9.78 Å². The Labute approximate surface area is 137 Å². The fourth-order valence-corrected chi connectivity index (χ4v) is 2.36. The molecule has 0 spiro atoms. The Morgan fingerprint density at radius 3 is 2.00 bits per heavy atom. The molecule has 0 aliphatic rings. The Kier molecular flexibility index (Phi) is 4.61. The van der Waals surface area contributed by atoms with Crippen LogP contribution >= 0.6 is 15.9 Å². The molecule has 24 heavy (non-hydrogen) atoms. The van der Waals surface area contributed by atoms with Gasteiger partial charge in [-0.05, 0) is 15.9 Å². The highest BCUT2D eigenvalue weighted by Crippen LogP contribution is 2.38. The van der Waals surface area contributed by atoms with E-state index in [9.17, 15) is 35.5 Å². The summed E-state index contributed by atoms with van der Waals surface area (Å²) in [7, 11) is 1.28. The lowest BCUT2D eigenvalue weighted by atomic mass is 10.1. The molecule has 0 unspecified atom stereocenters. The van der Waals surface area contributed by atoms with Gasteiger partial charge in [0.1, 0.15) is 16.9 Å². The lowest BCUT2D eigenvalue weighted by Gasteiger charge is -2.14. The molecule has 4 nitrogen and oxygen atoms in total. The van der Waals surface area contributed by atoms with Crippen LogP contribution in [0.25, 0.3) is 0 Å². The van der Waals surface area contributed by atoms with Crippen LogP contribution in [0.1, 0.15) is 16.1 Å². The standard InChI is InChI=1S/C12H5BrF7N3O/c1-23-10(3(13)2-21-23)11(24)22-9-7(16)5(14)4(12(18,19)20)6(15)8(9)17/h2H,1H3,(H,22,24). The quantitative estimate of drug-likeness (QED) is 0.590. The van der Waals surface area contributed by atoms with E-state index in [1.54, 1.807) is 0 Å². The number of hydrogen-bond donors (Lipinski definition) is 1. The lowest BCUT2D eigenvalue weighted by Crippen LogP contribution is -2.22. The Morgan fingerprint density at radius 2 is 1.62 bits per heavy atom. The molecule has 0 atom stereocenters. The number of carbonyl (C=O) groups excluding carboxylic acids is 1. The number of aromatic nitrogens is 2. The van der Waals surface area contributed by atoms with Crippen molar-refractivity contribution in [3.8, 4) is 0 Å². The predicted molar refractivity (Wildman–Crippen MR) is 70.1 cm³/mol. The number of nitrogens with zero attached hydrogens (tertiary/aromatic N) is 2. The number of anilines is 1. The van der Waals surface area contributed by atoms with Crippen LogP contribution in [-0.4, -0.2) is 15.7 Å². The van der Waals surface area contributed by atoms with Crippen molar-refractivity contribution in [3.05, 3.63) is 45.2 Å². The molecule has 1 amide bonds. The van der Waals surface area contributed by atoms with Crippen LogP contribution in [0.5, 0.6) is 0 Å². The van der Waals surface area contributed by atoms with Crippen LogP contribution < -0.4 is 5.32 Å². The molecular weight excluding hydrogens is 415 g/mol. The normalized spacial score (nSPS) is 11.7. The first-order valence-electron chi connectivity index (χ1n) is 5.88. The summed E-state index contributed by atoms with van der Waals surface area (Å²) in [6.07, 6.45) is -4.51. The van der Waals surface area contributed by atoms with E-state index in [1.807, 2.05) is 0 Å². The molecular formula is C12H5BrF7N3O. The first kappa shape index (κ1) is 18.2. The van der Waals surface area contributed by atoms with E-state index in [0.717, 1.165) is 10.9 Å². The number of rotatable bonds is 2. The number of alkyl halides is 3. The van der Waals surface area contributed by atoms with Crippen molar-refractivity contribution in [2.75, 3.05) is 5.32 Å². The van der Waals surface area contributed by atoms with Crippen LogP contribution in [0.2, 0.25) is 0 Å². The number of nitrogens with one attached hydrogen (secondary N) is 1. The molecule has 12 heteroatoms. The monoisotopic (exact) mass is 419 g/mol. The number of carbonyl (C=O) groups is 1. The van der Waals surface area contributed by atoms with Gasteiger partial charge in [-0.1, -0.05) is 0 Å². The van der Waals surface area contributed by atoms with Crippen LogP contribution in [0, 0.1) is 23.3 Å². The SMILES string of the molecule is Cn1ncc(Br)c1C(=O)Nc1c(F)c(F)c(C(F)(F)F)c(F)c1F. The largest absolute Gasteiger partial charge is 0.422 e. The summed E-state index contributed by atoms with van der Waals surface area (Å²) >= 11 is 2.91. The molecule has 1 heterocycles. The van der Waals surface area contributed by atoms with E-state index >= 15 is 0 Å². The second-order valence-electron chi connectivity index (χ2n) is 4.42. The van der Waals surface area contributed by atoms with Crippen LogP contribution in [0.15, 0.2) is 10.7 Å². The second-order valence-corrected chi connectivity index (χ2v) is 5.28. The van der Waals surface area contributed by atoms with E-state index in [1.165, 1.54) is 12.4 Å². The Bertz CT molecular complexity index is 783. The number of halogens is 8. The Hall–Kier alpha value is -2.11. The van der Waals surface area contributed by atoms with E-state index in [0.29, 0.717) is 0 Å². The van der Waals surface area contributed by atoms with E-state index in [2.05, 4.69) is 21.0 Å². The molecule has 2 rings (SSSR count). The molecule has 1 aromatic heterocycles. The van der Waals surface area contributed by atoms with Gasteiger partial charge < -0.3 is 5.32 Å². The zero-order valence-corrected chi connectivity index (χ0v) is 13.0. The zero-order valence-electron chi connectivity index (χ0n) is 11.4. The molecule has 0 bridgehead atoms.